The Morgan fingerprint density at radius 1 is 1.11 bits per heavy atom. The van der Waals surface area contributed by atoms with E-state index in [9.17, 15) is 4.79 Å². The molecule has 1 aromatic rings. The Kier molecular flexibility index (Phi) is 6.22. The van der Waals surface area contributed by atoms with Gasteiger partial charge in [0, 0.05) is 18.8 Å². The highest BCUT2D eigenvalue weighted by molar-refractivity contribution is 5.90. The smallest absolute Gasteiger partial charge is 0.319 e. The molecular formula is C14H23N3O. The van der Waals surface area contributed by atoms with Gasteiger partial charge in [-0.2, -0.15) is 0 Å². The van der Waals surface area contributed by atoms with E-state index in [1.54, 1.807) is 4.90 Å². The molecular weight excluding hydrogens is 226 g/mol. The first-order valence-corrected chi connectivity index (χ1v) is 6.53. The second-order valence-electron chi connectivity index (χ2n) is 4.26. The minimum atomic E-state index is -0.395. The van der Waals surface area contributed by atoms with Crippen LogP contribution in [0.4, 0.5) is 10.5 Å². The number of anilines is 1. The van der Waals surface area contributed by atoms with Gasteiger partial charge in [-0.1, -0.05) is 32.0 Å². The van der Waals surface area contributed by atoms with E-state index in [1.807, 2.05) is 30.3 Å². The van der Waals surface area contributed by atoms with Gasteiger partial charge in [-0.05, 0) is 31.6 Å². The molecule has 0 aliphatic rings. The normalized spacial score (nSPS) is 10.6. The lowest BCUT2D eigenvalue weighted by atomic mass is 10.3. The SMILES string of the molecule is CCCN(CC)CCN(C(N)=O)c1ccccc1. The maximum absolute atomic E-state index is 11.5. The van der Waals surface area contributed by atoms with E-state index < -0.39 is 6.03 Å². The lowest BCUT2D eigenvalue weighted by Gasteiger charge is -2.25. The van der Waals surface area contributed by atoms with Crippen molar-refractivity contribution < 1.29 is 4.79 Å². The van der Waals surface area contributed by atoms with Gasteiger partial charge in [-0.15, -0.1) is 0 Å². The summed E-state index contributed by atoms with van der Waals surface area (Å²) < 4.78 is 0. The molecule has 4 nitrogen and oxygen atoms in total. The first-order valence-electron chi connectivity index (χ1n) is 6.53. The molecule has 18 heavy (non-hydrogen) atoms. The van der Waals surface area contributed by atoms with Crippen molar-refractivity contribution in [2.75, 3.05) is 31.1 Å². The summed E-state index contributed by atoms with van der Waals surface area (Å²) >= 11 is 0. The fraction of sp³-hybridized carbons (Fsp3) is 0.500. The Balaban J connectivity index is 2.62. The number of nitrogens with zero attached hydrogens (tertiary/aromatic N) is 2. The van der Waals surface area contributed by atoms with E-state index in [4.69, 9.17) is 5.73 Å². The maximum atomic E-state index is 11.5. The van der Waals surface area contributed by atoms with Crippen molar-refractivity contribution in [1.82, 2.24) is 4.90 Å². The van der Waals surface area contributed by atoms with Gasteiger partial charge in [0.15, 0.2) is 0 Å². The summed E-state index contributed by atoms with van der Waals surface area (Å²) in [6.07, 6.45) is 1.12. The zero-order valence-corrected chi connectivity index (χ0v) is 11.3. The van der Waals surface area contributed by atoms with Crippen molar-refractivity contribution in [1.29, 1.82) is 0 Å². The van der Waals surface area contributed by atoms with E-state index in [1.165, 1.54) is 0 Å². The van der Waals surface area contributed by atoms with Crippen molar-refractivity contribution in [2.24, 2.45) is 5.73 Å². The molecule has 0 spiro atoms. The number of hydrogen-bond acceptors (Lipinski definition) is 2. The van der Waals surface area contributed by atoms with Gasteiger partial charge in [-0.3, -0.25) is 4.90 Å². The number of amides is 2. The summed E-state index contributed by atoms with van der Waals surface area (Å²) in [5, 5.41) is 0. The predicted octanol–water partition coefficient (Wildman–Crippen LogP) is 2.30. The summed E-state index contributed by atoms with van der Waals surface area (Å²) in [5.74, 6) is 0. The molecule has 100 valence electrons. The summed E-state index contributed by atoms with van der Waals surface area (Å²) in [6.45, 7) is 7.82. The molecule has 0 heterocycles. The highest BCUT2D eigenvalue weighted by Gasteiger charge is 2.12. The fourth-order valence-electron chi connectivity index (χ4n) is 1.96. The molecule has 0 aromatic heterocycles. The summed E-state index contributed by atoms with van der Waals surface area (Å²) in [7, 11) is 0. The zero-order chi connectivity index (χ0) is 13.4. The zero-order valence-electron chi connectivity index (χ0n) is 11.3. The third kappa shape index (κ3) is 4.37. The topological polar surface area (TPSA) is 49.6 Å². The number of urea groups is 1. The fourth-order valence-corrected chi connectivity index (χ4v) is 1.96. The van der Waals surface area contributed by atoms with E-state index in [0.29, 0.717) is 6.54 Å². The van der Waals surface area contributed by atoms with Gasteiger partial charge in [0.05, 0.1) is 0 Å². The van der Waals surface area contributed by atoms with Gasteiger partial charge < -0.3 is 10.6 Å². The van der Waals surface area contributed by atoms with Crippen LogP contribution in [0.5, 0.6) is 0 Å². The Morgan fingerprint density at radius 3 is 2.28 bits per heavy atom. The van der Waals surface area contributed by atoms with Crippen LogP contribution < -0.4 is 10.6 Å². The molecule has 2 N–H and O–H groups in total. The van der Waals surface area contributed by atoms with Crippen LogP contribution in [-0.2, 0) is 0 Å². The van der Waals surface area contributed by atoms with Gasteiger partial charge in [-0.25, -0.2) is 4.79 Å². The monoisotopic (exact) mass is 249 g/mol. The van der Waals surface area contributed by atoms with E-state index in [-0.39, 0.29) is 0 Å². The number of para-hydroxylation sites is 1. The van der Waals surface area contributed by atoms with Crippen LogP contribution in [0.25, 0.3) is 0 Å². The number of carbonyl (C=O) groups is 1. The van der Waals surface area contributed by atoms with Crippen LogP contribution in [0, 0.1) is 0 Å². The molecule has 0 saturated heterocycles. The van der Waals surface area contributed by atoms with Crippen molar-refractivity contribution in [3.8, 4) is 0 Å². The van der Waals surface area contributed by atoms with Crippen LogP contribution in [0.2, 0.25) is 0 Å². The third-order valence-corrected chi connectivity index (χ3v) is 2.96. The van der Waals surface area contributed by atoms with Crippen molar-refractivity contribution in [3.63, 3.8) is 0 Å². The number of likely N-dealkylation sites (N-methyl/N-ethyl adjacent to an activating group) is 1. The molecule has 1 aromatic carbocycles. The second-order valence-corrected chi connectivity index (χ2v) is 4.26. The van der Waals surface area contributed by atoms with Crippen LogP contribution in [0.3, 0.4) is 0 Å². The Labute approximate surface area is 109 Å². The molecule has 0 fully saturated rings. The van der Waals surface area contributed by atoms with Crippen LogP contribution in [0.1, 0.15) is 20.3 Å². The lowest BCUT2D eigenvalue weighted by molar-refractivity contribution is 0.250. The molecule has 0 atom stereocenters. The number of rotatable bonds is 7. The number of hydrogen-bond donors (Lipinski definition) is 1. The molecule has 1 rings (SSSR count). The first kappa shape index (κ1) is 14.5. The van der Waals surface area contributed by atoms with Gasteiger partial charge in [0.2, 0.25) is 0 Å². The Hall–Kier alpha value is -1.55. The number of nitrogens with two attached hydrogens (primary N) is 1. The van der Waals surface area contributed by atoms with Crippen molar-refractivity contribution in [3.05, 3.63) is 30.3 Å². The standard InChI is InChI=1S/C14H23N3O/c1-3-10-16(4-2)11-12-17(14(15)18)13-8-6-5-7-9-13/h5-9H,3-4,10-12H2,1-2H3,(H2,15,18). The lowest BCUT2D eigenvalue weighted by Crippen LogP contribution is -2.41. The molecule has 0 aliphatic carbocycles. The maximum Gasteiger partial charge on any atom is 0.319 e. The van der Waals surface area contributed by atoms with Gasteiger partial charge >= 0.3 is 6.03 Å². The number of benzene rings is 1. The average Bonchev–Trinajstić information content (AvgIpc) is 2.38. The van der Waals surface area contributed by atoms with E-state index >= 15 is 0 Å². The molecule has 4 heteroatoms. The summed E-state index contributed by atoms with van der Waals surface area (Å²) in [4.78, 5) is 15.4. The number of primary amides is 1. The average molecular weight is 249 g/mol. The van der Waals surface area contributed by atoms with Crippen LogP contribution in [-0.4, -0.2) is 37.1 Å². The van der Waals surface area contributed by atoms with Gasteiger partial charge in [0.25, 0.3) is 0 Å². The van der Waals surface area contributed by atoms with Crippen LogP contribution >= 0.6 is 0 Å². The number of carbonyl (C=O) groups excluding carboxylic acids is 1. The minimum Gasteiger partial charge on any atom is -0.351 e. The van der Waals surface area contributed by atoms with Crippen molar-refractivity contribution >= 4 is 11.7 Å². The highest BCUT2D eigenvalue weighted by atomic mass is 16.2. The second kappa shape index (κ2) is 7.71. The molecule has 2 amide bonds. The molecule has 0 aliphatic heterocycles. The third-order valence-electron chi connectivity index (χ3n) is 2.96. The Morgan fingerprint density at radius 2 is 1.78 bits per heavy atom. The molecule has 0 bridgehead atoms. The van der Waals surface area contributed by atoms with E-state index in [2.05, 4.69) is 18.7 Å². The van der Waals surface area contributed by atoms with Crippen molar-refractivity contribution in [2.45, 2.75) is 20.3 Å². The molecule has 0 saturated carbocycles. The largest absolute Gasteiger partial charge is 0.351 e. The molecule has 0 radical (unpaired) electrons. The first-order chi connectivity index (χ1) is 8.69. The molecule has 0 unspecified atom stereocenters. The minimum absolute atomic E-state index is 0.395. The Bertz CT molecular complexity index is 353. The van der Waals surface area contributed by atoms with Crippen LogP contribution in [0.15, 0.2) is 30.3 Å². The van der Waals surface area contributed by atoms with Gasteiger partial charge in [0.1, 0.15) is 0 Å². The highest BCUT2D eigenvalue weighted by Crippen LogP contribution is 2.12. The van der Waals surface area contributed by atoms with E-state index in [0.717, 1.165) is 31.7 Å². The predicted molar refractivity (Wildman–Crippen MR) is 75.8 cm³/mol. The quantitative estimate of drug-likeness (QED) is 0.806. The summed E-state index contributed by atoms with van der Waals surface area (Å²) in [5.41, 5.74) is 6.30. The summed E-state index contributed by atoms with van der Waals surface area (Å²) in [6, 6.07) is 9.16.